The first-order chi connectivity index (χ1) is 8.58. The summed E-state index contributed by atoms with van der Waals surface area (Å²) in [5.74, 6) is 0.865. The Balaban J connectivity index is 1.97. The van der Waals surface area contributed by atoms with Gasteiger partial charge >= 0.3 is 0 Å². The third-order valence-corrected chi connectivity index (χ3v) is 3.19. The summed E-state index contributed by atoms with van der Waals surface area (Å²) in [7, 11) is 1.93. The van der Waals surface area contributed by atoms with Crippen molar-refractivity contribution in [2.24, 2.45) is 7.05 Å². The van der Waals surface area contributed by atoms with Crippen LogP contribution in [-0.2, 0) is 23.1 Å². The highest BCUT2D eigenvalue weighted by atomic mass is 16.2. The summed E-state index contributed by atoms with van der Waals surface area (Å²) in [6, 6.07) is -0.429. The molecule has 6 heteroatoms. The van der Waals surface area contributed by atoms with Crippen LogP contribution >= 0.6 is 0 Å². The zero-order valence-corrected chi connectivity index (χ0v) is 10.7. The summed E-state index contributed by atoms with van der Waals surface area (Å²) < 4.78 is 1.94. The van der Waals surface area contributed by atoms with Crippen molar-refractivity contribution in [1.29, 1.82) is 0 Å². The molecule has 1 N–H and O–H groups in total. The van der Waals surface area contributed by atoms with Gasteiger partial charge in [-0.15, -0.1) is 0 Å². The average molecular weight is 250 g/mol. The Bertz CT molecular complexity index is 455. The molecule has 6 nitrogen and oxygen atoms in total. The Morgan fingerprint density at radius 2 is 2.28 bits per heavy atom. The minimum absolute atomic E-state index is 0.0185. The molecule has 0 saturated carbocycles. The average Bonchev–Trinajstić information content (AvgIpc) is 2.69. The van der Waals surface area contributed by atoms with E-state index >= 15 is 0 Å². The molecule has 1 aliphatic heterocycles. The molecule has 0 radical (unpaired) electrons. The molecule has 1 saturated heterocycles. The third-order valence-electron chi connectivity index (χ3n) is 3.19. The van der Waals surface area contributed by atoms with E-state index in [1.54, 1.807) is 18.0 Å². The van der Waals surface area contributed by atoms with Crippen molar-refractivity contribution >= 4 is 11.8 Å². The molecule has 1 aromatic rings. The van der Waals surface area contributed by atoms with E-state index in [1.807, 2.05) is 17.8 Å². The van der Waals surface area contributed by atoms with Gasteiger partial charge in [0.2, 0.25) is 11.8 Å². The van der Waals surface area contributed by atoms with E-state index in [0.717, 1.165) is 5.82 Å². The van der Waals surface area contributed by atoms with Crippen molar-refractivity contribution < 1.29 is 9.59 Å². The lowest BCUT2D eigenvalue weighted by Crippen LogP contribution is -2.43. The molecule has 18 heavy (non-hydrogen) atoms. The van der Waals surface area contributed by atoms with E-state index in [1.165, 1.54) is 0 Å². The van der Waals surface area contributed by atoms with E-state index in [4.69, 9.17) is 0 Å². The van der Waals surface area contributed by atoms with E-state index in [0.29, 0.717) is 25.9 Å². The van der Waals surface area contributed by atoms with Crippen LogP contribution in [0.4, 0.5) is 0 Å². The number of amides is 2. The first-order valence-corrected chi connectivity index (χ1v) is 6.12. The van der Waals surface area contributed by atoms with Crippen molar-refractivity contribution in [2.45, 2.75) is 25.8 Å². The number of rotatable bonds is 3. The summed E-state index contributed by atoms with van der Waals surface area (Å²) in [6.07, 6.45) is 4.70. The highest BCUT2D eigenvalue weighted by Gasteiger charge is 2.26. The molecule has 0 aliphatic carbocycles. The Morgan fingerprint density at radius 1 is 1.50 bits per heavy atom. The zero-order chi connectivity index (χ0) is 13.1. The molecule has 2 rings (SSSR count). The van der Waals surface area contributed by atoms with Crippen molar-refractivity contribution in [3.8, 4) is 0 Å². The van der Waals surface area contributed by atoms with Crippen molar-refractivity contribution in [3.63, 3.8) is 0 Å². The molecule has 0 aromatic carbocycles. The third kappa shape index (κ3) is 2.69. The van der Waals surface area contributed by atoms with Crippen molar-refractivity contribution in [2.75, 3.05) is 13.1 Å². The minimum Gasteiger partial charge on any atom is -0.345 e. The fourth-order valence-corrected chi connectivity index (χ4v) is 2.09. The maximum Gasteiger partial charge on any atom is 0.244 e. The van der Waals surface area contributed by atoms with Crippen LogP contribution in [0.1, 0.15) is 19.2 Å². The quantitative estimate of drug-likeness (QED) is 0.801. The number of carbonyl (C=O) groups is 2. The maximum atomic E-state index is 12.0. The van der Waals surface area contributed by atoms with Crippen LogP contribution in [0.15, 0.2) is 12.4 Å². The summed E-state index contributed by atoms with van der Waals surface area (Å²) in [4.78, 5) is 29.3. The second-order valence-corrected chi connectivity index (χ2v) is 4.57. The molecule has 2 amide bonds. The first-order valence-electron chi connectivity index (χ1n) is 6.12. The molecule has 1 atom stereocenters. The van der Waals surface area contributed by atoms with E-state index in [9.17, 15) is 9.59 Å². The van der Waals surface area contributed by atoms with Crippen LogP contribution in [-0.4, -0.2) is 45.4 Å². The summed E-state index contributed by atoms with van der Waals surface area (Å²) >= 11 is 0. The lowest BCUT2D eigenvalue weighted by molar-refractivity contribution is -0.133. The molecule has 1 unspecified atom stereocenters. The predicted molar refractivity (Wildman–Crippen MR) is 65.7 cm³/mol. The Morgan fingerprint density at radius 3 is 2.94 bits per heavy atom. The SMILES string of the molecule is CC1NC(=O)CCN(CCc2nccn2C)C1=O. The molecule has 0 bridgehead atoms. The Hall–Kier alpha value is -1.85. The van der Waals surface area contributed by atoms with Gasteiger partial charge in [0.15, 0.2) is 0 Å². The van der Waals surface area contributed by atoms with Gasteiger partial charge in [-0.1, -0.05) is 0 Å². The molecule has 2 heterocycles. The normalized spacial score (nSPS) is 20.8. The van der Waals surface area contributed by atoms with E-state index in [-0.39, 0.29) is 11.8 Å². The van der Waals surface area contributed by atoms with Gasteiger partial charge in [-0.25, -0.2) is 4.98 Å². The number of aromatic nitrogens is 2. The van der Waals surface area contributed by atoms with Crippen LogP contribution in [0.2, 0.25) is 0 Å². The smallest absolute Gasteiger partial charge is 0.244 e. The molecular formula is C12H18N4O2. The van der Waals surface area contributed by atoms with Gasteiger partial charge in [0.1, 0.15) is 11.9 Å². The predicted octanol–water partition coefficient (Wildman–Crippen LogP) is -0.300. The standard InChI is InChI=1S/C12H18N4O2/c1-9-12(18)16(7-4-11(17)14-9)6-3-10-13-5-8-15(10)2/h5,8-9H,3-4,6-7H2,1-2H3,(H,14,17). The molecule has 0 spiro atoms. The lowest BCUT2D eigenvalue weighted by Gasteiger charge is -2.21. The van der Waals surface area contributed by atoms with Gasteiger partial charge in [-0.2, -0.15) is 0 Å². The molecule has 1 aliphatic rings. The zero-order valence-electron chi connectivity index (χ0n) is 10.7. The molecule has 1 fully saturated rings. The number of hydrogen-bond donors (Lipinski definition) is 1. The van der Waals surface area contributed by atoms with Crippen molar-refractivity contribution in [3.05, 3.63) is 18.2 Å². The topological polar surface area (TPSA) is 67.2 Å². The molecule has 1 aromatic heterocycles. The lowest BCUT2D eigenvalue weighted by atomic mass is 10.2. The monoisotopic (exact) mass is 250 g/mol. The van der Waals surface area contributed by atoms with Gasteiger partial charge in [0.05, 0.1) is 0 Å². The highest BCUT2D eigenvalue weighted by Crippen LogP contribution is 2.05. The summed E-state index contributed by atoms with van der Waals surface area (Å²) in [5, 5.41) is 2.68. The van der Waals surface area contributed by atoms with Gasteiger partial charge in [0.25, 0.3) is 0 Å². The van der Waals surface area contributed by atoms with Gasteiger partial charge in [-0.3, -0.25) is 9.59 Å². The van der Waals surface area contributed by atoms with E-state index in [2.05, 4.69) is 10.3 Å². The Labute approximate surface area is 106 Å². The minimum atomic E-state index is -0.429. The van der Waals surface area contributed by atoms with E-state index < -0.39 is 6.04 Å². The number of carbonyl (C=O) groups excluding carboxylic acids is 2. The summed E-state index contributed by atoms with van der Waals surface area (Å²) in [5.41, 5.74) is 0. The molecular weight excluding hydrogens is 232 g/mol. The second-order valence-electron chi connectivity index (χ2n) is 4.57. The fourth-order valence-electron chi connectivity index (χ4n) is 2.09. The van der Waals surface area contributed by atoms with Gasteiger partial charge in [0, 0.05) is 45.4 Å². The molecule has 98 valence electrons. The van der Waals surface area contributed by atoms with Crippen molar-refractivity contribution in [1.82, 2.24) is 19.8 Å². The summed E-state index contributed by atoms with van der Waals surface area (Å²) in [6.45, 7) is 2.81. The van der Waals surface area contributed by atoms with Crippen LogP contribution in [0, 0.1) is 0 Å². The van der Waals surface area contributed by atoms with Gasteiger partial charge in [-0.05, 0) is 6.92 Å². The van der Waals surface area contributed by atoms with Crippen LogP contribution in [0.5, 0.6) is 0 Å². The van der Waals surface area contributed by atoms with Gasteiger partial charge < -0.3 is 14.8 Å². The highest BCUT2D eigenvalue weighted by molar-refractivity contribution is 5.89. The number of imidazole rings is 1. The number of nitrogens with one attached hydrogen (secondary N) is 1. The number of nitrogens with zero attached hydrogens (tertiary/aromatic N) is 3. The van der Waals surface area contributed by atoms with Crippen LogP contribution in [0.25, 0.3) is 0 Å². The largest absolute Gasteiger partial charge is 0.345 e. The number of hydrogen-bond acceptors (Lipinski definition) is 3. The number of aryl methyl sites for hydroxylation is 1. The second kappa shape index (κ2) is 5.20. The Kier molecular flexibility index (Phi) is 3.64. The first kappa shape index (κ1) is 12.6. The fraction of sp³-hybridized carbons (Fsp3) is 0.583. The van der Waals surface area contributed by atoms with Crippen LogP contribution < -0.4 is 5.32 Å². The van der Waals surface area contributed by atoms with Crippen LogP contribution in [0.3, 0.4) is 0 Å². The maximum absolute atomic E-state index is 12.0.